The minimum atomic E-state index is -0.475. The Labute approximate surface area is 168 Å². The van der Waals surface area contributed by atoms with Gasteiger partial charge in [0.1, 0.15) is 5.75 Å². The molecule has 0 spiro atoms. The Morgan fingerprint density at radius 1 is 1.29 bits per heavy atom. The summed E-state index contributed by atoms with van der Waals surface area (Å²) in [5.74, 6) is 3.05. The molecule has 4 heteroatoms. The summed E-state index contributed by atoms with van der Waals surface area (Å²) in [5.41, 5.74) is 1.92. The molecule has 0 radical (unpaired) electrons. The minimum absolute atomic E-state index is 0.220. The molecule has 1 N–H and O–H groups in total. The van der Waals surface area contributed by atoms with Crippen molar-refractivity contribution in [3.05, 3.63) is 36.0 Å². The molecule has 4 nitrogen and oxygen atoms in total. The van der Waals surface area contributed by atoms with Crippen LogP contribution in [0.3, 0.4) is 0 Å². The van der Waals surface area contributed by atoms with Gasteiger partial charge in [-0.15, -0.1) is 0 Å². The molecular formula is C24H34N2O2. The molecule has 0 amide bonds. The maximum absolute atomic E-state index is 11.4. The molecule has 28 heavy (non-hydrogen) atoms. The first-order chi connectivity index (χ1) is 13.6. The van der Waals surface area contributed by atoms with E-state index in [0.717, 1.165) is 66.6 Å². The van der Waals surface area contributed by atoms with Crippen LogP contribution in [0.4, 0.5) is 0 Å². The molecule has 2 unspecified atom stereocenters. The van der Waals surface area contributed by atoms with Crippen LogP contribution in [0.1, 0.15) is 58.1 Å². The third-order valence-electron chi connectivity index (χ3n) is 6.85. The molecule has 3 aliphatic rings. The smallest absolute Gasteiger partial charge is 0.120 e. The normalized spacial score (nSPS) is 28.0. The van der Waals surface area contributed by atoms with Gasteiger partial charge in [-0.2, -0.15) is 0 Å². The summed E-state index contributed by atoms with van der Waals surface area (Å²) in [6.07, 6.45) is 6.03. The number of aliphatic hydroxyl groups is 1. The van der Waals surface area contributed by atoms with E-state index in [2.05, 4.69) is 36.7 Å². The Kier molecular flexibility index (Phi) is 5.88. The molecule has 1 aromatic heterocycles. The predicted octanol–water partition coefficient (Wildman–Crippen LogP) is 4.81. The molecule has 0 saturated carbocycles. The summed E-state index contributed by atoms with van der Waals surface area (Å²) in [6.45, 7) is 9.69. The molecule has 152 valence electrons. The van der Waals surface area contributed by atoms with Crippen molar-refractivity contribution in [1.29, 1.82) is 0 Å². The summed E-state index contributed by atoms with van der Waals surface area (Å²) < 4.78 is 5.96. The Hall–Kier alpha value is -1.65. The summed E-state index contributed by atoms with van der Waals surface area (Å²) >= 11 is 0. The molecule has 2 aromatic rings. The number of pyridine rings is 1. The second kappa shape index (κ2) is 8.38. The quantitative estimate of drug-likeness (QED) is 0.746. The fraction of sp³-hybridized carbons (Fsp3) is 0.625. The van der Waals surface area contributed by atoms with Gasteiger partial charge < -0.3 is 9.84 Å². The molecule has 2 bridgehead atoms. The monoisotopic (exact) mass is 382 g/mol. The number of hydrogen-bond acceptors (Lipinski definition) is 4. The van der Waals surface area contributed by atoms with Crippen LogP contribution in [0.25, 0.3) is 10.9 Å². The van der Waals surface area contributed by atoms with E-state index in [4.69, 9.17) is 4.74 Å². The maximum atomic E-state index is 11.4. The van der Waals surface area contributed by atoms with Crippen LogP contribution in [0.5, 0.6) is 5.75 Å². The minimum Gasteiger partial charge on any atom is -0.494 e. The van der Waals surface area contributed by atoms with E-state index in [1.807, 2.05) is 24.4 Å². The van der Waals surface area contributed by atoms with Crippen molar-refractivity contribution >= 4 is 10.9 Å². The van der Waals surface area contributed by atoms with Crippen molar-refractivity contribution in [2.45, 2.75) is 58.6 Å². The van der Waals surface area contributed by atoms with Crippen molar-refractivity contribution < 1.29 is 9.84 Å². The fourth-order valence-electron chi connectivity index (χ4n) is 5.08. The number of ether oxygens (including phenoxy) is 1. The van der Waals surface area contributed by atoms with Crippen molar-refractivity contribution in [3.8, 4) is 5.75 Å². The molecule has 5 rings (SSSR count). The van der Waals surface area contributed by atoms with Gasteiger partial charge in [0.05, 0.1) is 18.2 Å². The lowest BCUT2D eigenvalue weighted by atomic mass is 9.72. The van der Waals surface area contributed by atoms with Gasteiger partial charge in [0, 0.05) is 24.2 Å². The van der Waals surface area contributed by atoms with Crippen molar-refractivity contribution in [3.63, 3.8) is 0 Å². The van der Waals surface area contributed by atoms with E-state index in [1.165, 1.54) is 12.8 Å². The molecule has 5 atom stereocenters. The number of nitrogens with zero attached hydrogens (tertiary/aromatic N) is 2. The first-order valence-electron chi connectivity index (χ1n) is 11.0. The molecule has 3 aliphatic heterocycles. The molecule has 4 heterocycles. The molecule has 1 aromatic carbocycles. The van der Waals surface area contributed by atoms with Gasteiger partial charge in [-0.05, 0) is 73.4 Å². The highest BCUT2D eigenvalue weighted by molar-refractivity contribution is 5.84. The molecule has 3 saturated heterocycles. The number of hydrogen-bond donors (Lipinski definition) is 1. The van der Waals surface area contributed by atoms with Crippen LogP contribution in [-0.2, 0) is 0 Å². The van der Waals surface area contributed by atoms with E-state index in [-0.39, 0.29) is 6.04 Å². The highest BCUT2D eigenvalue weighted by atomic mass is 16.5. The molecular weight excluding hydrogens is 348 g/mol. The van der Waals surface area contributed by atoms with Crippen LogP contribution in [-0.4, -0.2) is 40.7 Å². The van der Waals surface area contributed by atoms with Crippen LogP contribution >= 0.6 is 0 Å². The largest absolute Gasteiger partial charge is 0.494 e. The number of rotatable bonds is 7. The Morgan fingerprint density at radius 3 is 2.86 bits per heavy atom. The lowest BCUT2D eigenvalue weighted by Crippen LogP contribution is -2.55. The first-order valence-corrected chi connectivity index (χ1v) is 11.0. The van der Waals surface area contributed by atoms with Gasteiger partial charge >= 0.3 is 0 Å². The third-order valence-corrected chi connectivity index (χ3v) is 6.85. The fourth-order valence-corrected chi connectivity index (χ4v) is 5.08. The second-order valence-electron chi connectivity index (χ2n) is 9.07. The average molecular weight is 383 g/mol. The second-order valence-corrected chi connectivity index (χ2v) is 9.07. The number of fused-ring (bicyclic) bond motifs is 4. The van der Waals surface area contributed by atoms with E-state index >= 15 is 0 Å². The topological polar surface area (TPSA) is 45.6 Å². The standard InChI is InChI=1S/C24H34N2O2/c1-4-17-15-26-11-8-18(17)13-23(26)24(27)20-7-10-25-22-6-5-19(14-21(20)22)28-12-9-16(2)3/h5-7,10,14,16-18,23-24,27H,4,8-9,11-13,15H2,1-3H3/t17-,18-,23+,24?/m1/s1. The van der Waals surface area contributed by atoms with Crippen LogP contribution < -0.4 is 4.74 Å². The zero-order valence-electron chi connectivity index (χ0n) is 17.5. The molecule has 0 aliphatic carbocycles. The Bertz CT molecular complexity index is 806. The summed E-state index contributed by atoms with van der Waals surface area (Å²) in [4.78, 5) is 7.03. The first kappa shape index (κ1) is 19.7. The van der Waals surface area contributed by atoms with Gasteiger partial charge in [-0.1, -0.05) is 27.2 Å². The van der Waals surface area contributed by atoms with Crippen molar-refractivity contribution in [2.75, 3.05) is 19.7 Å². The van der Waals surface area contributed by atoms with Crippen molar-refractivity contribution in [1.82, 2.24) is 9.88 Å². The Morgan fingerprint density at radius 2 is 2.14 bits per heavy atom. The number of aromatic nitrogens is 1. The van der Waals surface area contributed by atoms with Gasteiger partial charge in [-0.25, -0.2) is 0 Å². The summed E-state index contributed by atoms with van der Waals surface area (Å²) in [5, 5.41) is 12.4. The van der Waals surface area contributed by atoms with Gasteiger partial charge in [0.25, 0.3) is 0 Å². The van der Waals surface area contributed by atoms with Gasteiger partial charge in [0.15, 0.2) is 0 Å². The van der Waals surface area contributed by atoms with E-state index in [1.54, 1.807) is 0 Å². The average Bonchev–Trinajstić information content (AvgIpc) is 2.72. The van der Waals surface area contributed by atoms with Crippen molar-refractivity contribution in [2.24, 2.45) is 17.8 Å². The van der Waals surface area contributed by atoms with E-state index in [9.17, 15) is 5.11 Å². The zero-order chi connectivity index (χ0) is 19.7. The SMILES string of the molecule is CC[C@@H]1CN2CC[C@@H]1C[C@H]2C(O)c1ccnc2ccc(OCCC(C)C)cc12. The number of benzene rings is 1. The zero-order valence-corrected chi connectivity index (χ0v) is 17.5. The summed E-state index contributed by atoms with van der Waals surface area (Å²) in [6, 6.07) is 8.27. The third kappa shape index (κ3) is 3.90. The van der Waals surface area contributed by atoms with E-state index in [0.29, 0.717) is 5.92 Å². The highest BCUT2D eigenvalue weighted by Crippen LogP contribution is 2.42. The van der Waals surface area contributed by atoms with E-state index < -0.39 is 6.10 Å². The van der Waals surface area contributed by atoms with Crippen LogP contribution in [0.15, 0.2) is 30.5 Å². The maximum Gasteiger partial charge on any atom is 0.120 e. The van der Waals surface area contributed by atoms with Crippen LogP contribution in [0.2, 0.25) is 0 Å². The number of aliphatic hydroxyl groups excluding tert-OH is 1. The lowest BCUT2D eigenvalue weighted by molar-refractivity contribution is -0.0562. The highest BCUT2D eigenvalue weighted by Gasteiger charge is 2.42. The van der Waals surface area contributed by atoms with Gasteiger partial charge in [-0.3, -0.25) is 9.88 Å². The number of piperidine rings is 3. The summed E-state index contributed by atoms with van der Waals surface area (Å²) in [7, 11) is 0. The molecule has 3 fully saturated rings. The van der Waals surface area contributed by atoms with Crippen LogP contribution in [0, 0.1) is 17.8 Å². The van der Waals surface area contributed by atoms with Gasteiger partial charge in [0.2, 0.25) is 0 Å². The predicted molar refractivity (Wildman–Crippen MR) is 114 cm³/mol. The Balaban J connectivity index is 1.57. The lowest BCUT2D eigenvalue weighted by Gasteiger charge is -2.51.